The van der Waals surface area contributed by atoms with Crippen molar-refractivity contribution in [3.63, 3.8) is 0 Å². The molecule has 0 spiro atoms. The second kappa shape index (κ2) is 12.6. The first-order valence-electron chi connectivity index (χ1n) is 19.4. The van der Waals surface area contributed by atoms with E-state index in [9.17, 15) is 4.79 Å². The Bertz CT molecular complexity index is 1420. The number of hydrogen-bond acceptors (Lipinski definition) is 2. The van der Waals surface area contributed by atoms with Gasteiger partial charge in [-0.25, -0.2) is 0 Å². The number of hydrogen-bond donors (Lipinski definition) is 1. The Morgan fingerprint density at radius 3 is 2.28 bits per heavy atom. The summed E-state index contributed by atoms with van der Waals surface area (Å²) < 4.78 is 0. The Labute approximate surface area is 287 Å². The largest absolute Gasteiger partial charge is 0.352 e. The Hall–Kier alpha value is -2.16. The van der Waals surface area contributed by atoms with E-state index in [0.717, 1.165) is 29.8 Å². The third kappa shape index (κ3) is 7.55. The second-order valence-electron chi connectivity index (χ2n) is 19.9. The summed E-state index contributed by atoms with van der Waals surface area (Å²) in [5.74, 6) is 1.00. The van der Waals surface area contributed by atoms with Gasteiger partial charge < -0.3 is 5.32 Å². The first-order valence-corrected chi connectivity index (χ1v) is 19.4. The molecule has 0 aliphatic heterocycles. The van der Waals surface area contributed by atoms with Crippen LogP contribution in [0, 0.1) is 38.4 Å². The van der Waals surface area contributed by atoms with Crippen molar-refractivity contribution in [2.24, 2.45) is 38.4 Å². The molecule has 2 bridgehead atoms. The van der Waals surface area contributed by atoms with Gasteiger partial charge in [-0.15, -0.1) is 0 Å². The number of carbonyl (C=O) groups excluding carboxylic acids is 1. The molecule has 3 nitrogen and oxygen atoms in total. The summed E-state index contributed by atoms with van der Waals surface area (Å²) >= 11 is 0. The molecule has 0 radical (unpaired) electrons. The highest BCUT2D eigenvalue weighted by molar-refractivity contribution is 5.96. The molecule has 4 unspecified atom stereocenters. The van der Waals surface area contributed by atoms with Crippen molar-refractivity contribution < 1.29 is 4.79 Å². The number of carbonyl (C=O) groups is 1. The minimum atomic E-state index is 0.110. The Morgan fingerprint density at radius 2 is 1.55 bits per heavy atom. The van der Waals surface area contributed by atoms with Crippen LogP contribution in [0.1, 0.15) is 174 Å². The number of nitrogens with one attached hydrogen (secondary N) is 1. The summed E-state index contributed by atoms with van der Waals surface area (Å²) in [4.78, 5) is 19.5. The van der Waals surface area contributed by atoms with Gasteiger partial charge in [-0.3, -0.25) is 9.78 Å². The van der Waals surface area contributed by atoms with Crippen LogP contribution in [0.4, 0.5) is 0 Å². The van der Waals surface area contributed by atoms with Gasteiger partial charge in [-0.05, 0) is 133 Å². The smallest absolute Gasteiger partial charge is 0.251 e. The molecule has 1 aromatic heterocycles. The van der Waals surface area contributed by atoms with Gasteiger partial charge in [0.25, 0.3) is 5.91 Å². The van der Waals surface area contributed by atoms with E-state index >= 15 is 0 Å². The molecule has 5 fully saturated rings. The summed E-state index contributed by atoms with van der Waals surface area (Å²) in [5.41, 5.74) is 6.52. The molecule has 47 heavy (non-hydrogen) atoms. The highest BCUT2D eigenvalue weighted by atomic mass is 16.1. The number of pyridine rings is 1. The molecule has 1 aromatic carbocycles. The fourth-order valence-electron chi connectivity index (χ4n) is 12.4. The van der Waals surface area contributed by atoms with Crippen LogP contribution in [0.25, 0.3) is 11.3 Å². The minimum Gasteiger partial charge on any atom is -0.352 e. The number of benzene rings is 1. The summed E-state index contributed by atoms with van der Waals surface area (Å²) in [5, 5.41) is 3.54. The van der Waals surface area contributed by atoms with Gasteiger partial charge in [0.1, 0.15) is 0 Å². The van der Waals surface area contributed by atoms with Gasteiger partial charge in [-0.2, -0.15) is 0 Å². The van der Waals surface area contributed by atoms with Gasteiger partial charge in [0.15, 0.2) is 0 Å². The SMILES string of the molecule is CCC12CC(c3cnc(-c4ccccc4)cc3C(=O)NCC3CCCC4(C)CC(C)(CC(C)(C)C3)C4)CCCCC(C)(C)CC1(C)C2. The highest BCUT2D eigenvalue weighted by Gasteiger charge is 2.63. The molecule has 1 N–H and O–H groups in total. The fourth-order valence-corrected chi connectivity index (χ4v) is 12.4. The van der Waals surface area contributed by atoms with Gasteiger partial charge in [0.2, 0.25) is 0 Å². The van der Waals surface area contributed by atoms with Crippen LogP contribution >= 0.6 is 0 Å². The Kier molecular flexibility index (Phi) is 9.32. The van der Waals surface area contributed by atoms with Gasteiger partial charge in [0, 0.05) is 23.9 Å². The lowest BCUT2D eigenvalue weighted by Gasteiger charge is -2.57. The monoisotopic (exact) mass is 639 g/mol. The maximum absolute atomic E-state index is 14.5. The van der Waals surface area contributed by atoms with Gasteiger partial charge >= 0.3 is 0 Å². The van der Waals surface area contributed by atoms with Crippen molar-refractivity contribution >= 4 is 5.91 Å². The number of fused-ring (bicyclic) bond motifs is 7. The van der Waals surface area contributed by atoms with E-state index in [1.54, 1.807) is 0 Å². The zero-order valence-corrected chi connectivity index (χ0v) is 31.4. The van der Waals surface area contributed by atoms with Gasteiger partial charge in [-0.1, -0.05) is 105 Å². The van der Waals surface area contributed by atoms with Crippen LogP contribution in [0.2, 0.25) is 0 Å². The van der Waals surface area contributed by atoms with Crippen LogP contribution < -0.4 is 5.32 Å². The average Bonchev–Trinajstić information content (AvgIpc) is 3.57. The number of aromatic nitrogens is 1. The molecule has 7 rings (SSSR count). The lowest BCUT2D eigenvalue weighted by molar-refractivity contribution is -0.0598. The summed E-state index contributed by atoms with van der Waals surface area (Å²) in [6.45, 7) is 20.7. The molecule has 1 amide bonds. The summed E-state index contributed by atoms with van der Waals surface area (Å²) in [7, 11) is 0. The number of nitrogens with zero attached hydrogens (tertiary/aromatic N) is 1. The van der Waals surface area contributed by atoms with Crippen molar-refractivity contribution in [3.8, 4) is 11.3 Å². The predicted octanol–water partition coefficient (Wildman–Crippen LogP) is 12.2. The molecule has 2 aromatic rings. The normalized spacial score (nSPS) is 36.7. The molecule has 5 aliphatic rings. The topological polar surface area (TPSA) is 42.0 Å². The lowest BCUT2D eigenvalue weighted by Crippen LogP contribution is -2.46. The first-order chi connectivity index (χ1) is 22.1. The number of amides is 1. The standard InChI is InChI=1S/C44H66N2O/c1-9-44-24-34(19-13-14-20-39(2,3)28-43(44,8)31-44)36-26-45-37(33-17-11-10-12-18-33)22-35(36)38(47)46-25-32-16-15-21-41(6)29-42(7,30-41)27-40(4,5)23-32/h10-12,17-18,22,26,32,34H,9,13-16,19-21,23-25,27-31H2,1-8H3,(H,46,47). The molecule has 5 aliphatic carbocycles. The predicted molar refractivity (Wildman–Crippen MR) is 197 cm³/mol. The van der Waals surface area contributed by atoms with E-state index in [2.05, 4.69) is 103 Å². The third-order valence-corrected chi connectivity index (χ3v) is 13.8. The van der Waals surface area contributed by atoms with Crippen LogP contribution in [-0.2, 0) is 0 Å². The molecule has 0 saturated heterocycles. The minimum absolute atomic E-state index is 0.110. The molecule has 4 atom stereocenters. The van der Waals surface area contributed by atoms with Crippen molar-refractivity contribution in [2.75, 3.05) is 6.54 Å². The molecular formula is C44H66N2O. The summed E-state index contributed by atoms with van der Waals surface area (Å²) in [6.07, 6.45) is 21.2. The highest BCUT2D eigenvalue weighted by Crippen LogP contribution is 2.73. The van der Waals surface area contributed by atoms with E-state index in [4.69, 9.17) is 4.98 Å². The van der Waals surface area contributed by atoms with E-state index in [1.807, 2.05) is 0 Å². The van der Waals surface area contributed by atoms with Crippen molar-refractivity contribution in [1.82, 2.24) is 10.3 Å². The zero-order chi connectivity index (χ0) is 33.7. The summed E-state index contributed by atoms with van der Waals surface area (Å²) in [6, 6.07) is 12.5. The van der Waals surface area contributed by atoms with E-state index in [1.165, 1.54) is 95.5 Å². The van der Waals surface area contributed by atoms with Crippen molar-refractivity contribution in [1.29, 1.82) is 0 Å². The second-order valence-corrected chi connectivity index (χ2v) is 19.9. The van der Waals surface area contributed by atoms with Crippen LogP contribution in [0.3, 0.4) is 0 Å². The molecular weight excluding hydrogens is 572 g/mol. The van der Waals surface area contributed by atoms with Crippen LogP contribution in [-0.4, -0.2) is 17.4 Å². The fraction of sp³-hybridized carbons (Fsp3) is 0.727. The van der Waals surface area contributed by atoms with Crippen molar-refractivity contribution in [3.05, 3.63) is 53.7 Å². The van der Waals surface area contributed by atoms with Crippen LogP contribution in [0.15, 0.2) is 42.6 Å². The third-order valence-electron chi connectivity index (χ3n) is 13.8. The van der Waals surface area contributed by atoms with Gasteiger partial charge in [0.05, 0.1) is 5.69 Å². The Balaban J connectivity index is 1.26. The van der Waals surface area contributed by atoms with E-state index in [-0.39, 0.29) is 5.91 Å². The van der Waals surface area contributed by atoms with Crippen molar-refractivity contribution in [2.45, 2.75) is 158 Å². The molecule has 258 valence electrons. The number of rotatable bonds is 6. The quantitative estimate of drug-likeness (QED) is 0.342. The Morgan fingerprint density at radius 1 is 0.809 bits per heavy atom. The average molecular weight is 639 g/mol. The van der Waals surface area contributed by atoms with E-state index < -0.39 is 0 Å². The van der Waals surface area contributed by atoms with Crippen LogP contribution in [0.5, 0.6) is 0 Å². The maximum Gasteiger partial charge on any atom is 0.251 e. The molecule has 5 saturated carbocycles. The lowest BCUT2D eigenvalue weighted by atomic mass is 9.48. The zero-order valence-electron chi connectivity index (χ0n) is 31.4. The first kappa shape index (κ1) is 34.7. The van der Waals surface area contributed by atoms with E-state index in [0.29, 0.717) is 44.3 Å². The maximum atomic E-state index is 14.5. The molecule has 3 heteroatoms. The molecule has 1 heterocycles.